The van der Waals surface area contributed by atoms with Crippen molar-refractivity contribution in [1.82, 2.24) is 0 Å². The smallest absolute Gasteiger partial charge is 0.158 e. The van der Waals surface area contributed by atoms with Crippen LogP contribution in [-0.2, 0) is 4.79 Å². The fourth-order valence-corrected chi connectivity index (χ4v) is 0.732. The van der Waals surface area contributed by atoms with Crippen LogP contribution in [0.15, 0.2) is 0 Å². The van der Waals surface area contributed by atoms with E-state index in [4.69, 9.17) is 15.9 Å². The van der Waals surface area contributed by atoms with E-state index in [1.54, 1.807) is 0 Å². The summed E-state index contributed by atoms with van der Waals surface area (Å²) in [5.41, 5.74) is 5.38. The molecule has 1 unspecified atom stereocenters. The quantitative estimate of drug-likeness (QED) is 0.468. The molecule has 4 N–H and O–H groups in total. The summed E-state index contributed by atoms with van der Waals surface area (Å²) in [4.78, 5) is 10.5. The molecule has 0 amide bonds. The lowest BCUT2D eigenvalue weighted by molar-refractivity contribution is -0.121. The zero-order valence-electron chi connectivity index (χ0n) is 6.49. The molecular formula is C7H15NO3. The van der Waals surface area contributed by atoms with Crippen LogP contribution in [0.2, 0.25) is 0 Å². The Morgan fingerprint density at radius 1 is 1.45 bits per heavy atom. The number of nitrogens with two attached hydrogens (primary N) is 1. The second-order valence-corrected chi connectivity index (χ2v) is 2.53. The van der Waals surface area contributed by atoms with Gasteiger partial charge in [0.1, 0.15) is 6.61 Å². The lowest BCUT2D eigenvalue weighted by atomic mass is 10.1. The molecule has 0 bridgehead atoms. The lowest BCUT2D eigenvalue weighted by Crippen LogP contribution is -2.24. The van der Waals surface area contributed by atoms with Crippen molar-refractivity contribution in [2.24, 2.45) is 5.73 Å². The van der Waals surface area contributed by atoms with Crippen molar-refractivity contribution in [2.75, 3.05) is 13.2 Å². The first-order chi connectivity index (χ1) is 5.20. The zero-order chi connectivity index (χ0) is 8.69. The number of carbonyl (C=O) groups is 1. The Hall–Kier alpha value is -0.450. The van der Waals surface area contributed by atoms with Gasteiger partial charge in [-0.05, 0) is 12.8 Å². The van der Waals surface area contributed by atoms with Crippen molar-refractivity contribution in [3.63, 3.8) is 0 Å². The standard InChI is InChI=1S/C7H15NO3/c8-6(4-9)2-1-3-7(11)5-10/h6,9-10H,1-5,8H2. The number of carbonyl (C=O) groups excluding carboxylic acids is 1. The summed E-state index contributed by atoms with van der Waals surface area (Å²) in [5.74, 6) is -0.171. The summed E-state index contributed by atoms with van der Waals surface area (Å²) in [6.07, 6.45) is 1.62. The van der Waals surface area contributed by atoms with Crippen molar-refractivity contribution in [2.45, 2.75) is 25.3 Å². The maximum Gasteiger partial charge on any atom is 0.158 e. The average molecular weight is 161 g/mol. The van der Waals surface area contributed by atoms with Crippen molar-refractivity contribution >= 4 is 5.78 Å². The van der Waals surface area contributed by atoms with Crippen LogP contribution in [0.3, 0.4) is 0 Å². The minimum Gasteiger partial charge on any atom is -0.395 e. The van der Waals surface area contributed by atoms with Gasteiger partial charge in [0, 0.05) is 12.5 Å². The molecule has 0 saturated heterocycles. The predicted molar refractivity (Wildman–Crippen MR) is 41.0 cm³/mol. The van der Waals surface area contributed by atoms with Crippen LogP contribution < -0.4 is 5.73 Å². The summed E-state index contributed by atoms with van der Waals surface area (Å²) in [7, 11) is 0. The maximum atomic E-state index is 10.5. The molecule has 11 heavy (non-hydrogen) atoms. The molecule has 0 saturated carbocycles. The summed E-state index contributed by atoms with van der Waals surface area (Å²) < 4.78 is 0. The first-order valence-electron chi connectivity index (χ1n) is 3.69. The van der Waals surface area contributed by atoms with Crippen LogP contribution in [0.25, 0.3) is 0 Å². The Morgan fingerprint density at radius 3 is 2.55 bits per heavy atom. The number of ketones is 1. The Labute approximate surface area is 66.0 Å². The van der Waals surface area contributed by atoms with Crippen LogP contribution in [0.1, 0.15) is 19.3 Å². The van der Waals surface area contributed by atoms with E-state index >= 15 is 0 Å². The highest BCUT2D eigenvalue weighted by Crippen LogP contribution is 1.98. The normalized spacial score (nSPS) is 13.0. The van der Waals surface area contributed by atoms with Crippen molar-refractivity contribution in [3.8, 4) is 0 Å². The average Bonchev–Trinajstić information content (AvgIpc) is 2.04. The Bertz CT molecular complexity index is 116. The Balaban J connectivity index is 3.20. The molecular weight excluding hydrogens is 146 g/mol. The molecule has 0 rings (SSSR count). The maximum absolute atomic E-state index is 10.5. The zero-order valence-corrected chi connectivity index (χ0v) is 6.49. The van der Waals surface area contributed by atoms with E-state index in [2.05, 4.69) is 0 Å². The number of Topliss-reactive ketones (excluding diaryl/α,β-unsaturated/α-hetero) is 1. The van der Waals surface area contributed by atoms with E-state index in [0.717, 1.165) is 0 Å². The second-order valence-electron chi connectivity index (χ2n) is 2.53. The number of hydrogen-bond donors (Lipinski definition) is 3. The molecule has 66 valence electrons. The Kier molecular flexibility index (Phi) is 6.02. The van der Waals surface area contributed by atoms with Gasteiger partial charge < -0.3 is 15.9 Å². The third-order valence-corrected chi connectivity index (χ3v) is 1.44. The molecule has 4 heteroatoms. The fraction of sp³-hybridized carbons (Fsp3) is 0.857. The van der Waals surface area contributed by atoms with Crippen LogP contribution in [0.5, 0.6) is 0 Å². The molecule has 0 heterocycles. The van der Waals surface area contributed by atoms with E-state index in [-0.39, 0.29) is 18.4 Å². The van der Waals surface area contributed by atoms with Crippen LogP contribution in [-0.4, -0.2) is 35.3 Å². The third-order valence-electron chi connectivity index (χ3n) is 1.44. The first kappa shape index (κ1) is 10.6. The molecule has 4 nitrogen and oxygen atoms in total. The third kappa shape index (κ3) is 5.97. The van der Waals surface area contributed by atoms with Crippen molar-refractivity contribution in [1.29, 1.82) is 0 Å². The predicted octanol–water partition coefficient (Wildman–Crippen LogP) is -0.962. The topological polar surface area (TPSA) is 83.5 Å². The summed E-state index contributed by atoms with van der Waals surface area (Å²) in [6, 6.07) is -0.235. The molecule has 0 aromatic heterocycles. The SMILES string of the molecule is NC(CO)CCCC(=O)CO. The largest absolute Gasteiger partial charge is 0.395 e. The molecule has 0 aromatic carbocycles. The van der Waals surface area contributed by atoms with Gasteiger partial charge in [0.05, 0.1) is 6.61 Å². The van der Waals surface area contributed by atoms with Crippen molar-refractivity contribution in [3.05, 3.63) is 0 Å². The fourth-order valence-electron chi connectivity index (χ4n) is 0.732. The lowest BCUT2D eigenvalue weighted by Gasteiger charge is -2.05. The molecule has 0 aromatic rings. The van der Waals surface area contributed by atoms with Crippen molar-refractivity contribution < 1.29 is 15.0 Å². The van der Waals surface area contributed by atoms with Gasteiger partial charge in [0.25, 0.3) is 0 Å². The van der Waals surface area contributed by atoms with Gasteiger partial charge in [-0.2, -0.15) is 0 Å². The van der Waals surface area contributed by atoms with Gasteiger partial charge >= 0.3 is 0 Å². The monoisotopic (exact) mass is 161 g/mol. The number of aliphatic hydroxyl groups is 2. The molecule has 0 aliphatic heterocycles. The van der Waals surface area contributed by atoms with Gasteiger partial charge in [-0.25, -0.2) is 0 Å². The minimum atomic E-state index is -0.394. The van der Waals surface area contributed by atoms with Gasteiger partial charge in [0.15, 0.2) is 5.78 Å². The van der Waals surface area contributed by atoms with E-state index in [1.165, 1.54) is 0 Å². The van der Waals surface area contributed by atoms with Gasteiger partial charge in [-0.1, -0.05) is 0 Å². The van der Waals surface area contributed by atoms with E-state index in [0.29, 0.717) is 19.3 Å². The molecule has 0 aliphatic rings. The second kappa shape index (κ2) is 6.27. The van der Waals surface area contributed by atoms with Crippen LogP contribution in [0, 0.1) is 0 Å². The van der Waals surface area contributed by atoms with E-state index < -0.39 is 6.61 Å². The Morgan fingerprint density at radius 2 is 2.09 bits per heavy atom. The summed E-state index contributed by atoms with van der Waals surface area (Å²) >= 11 is 0. The van der Waals surface area contributed by atoms with Crippen LogP contribution >= 0.6 is 0 Å². The molecule has 0 aliphatic carbocycles. The highest BCUT2D eigenvalue weighted by atomic mass is 16.3. The summed E-state index contributed by atoms with van der Waals surface area (Å²) in [5, 5.41) is 16.8. The highest BCUT2D eigenvalue weighted by Gasteiger charge is 2.02. The first-order valence-corrected chi connectivity index (χ1v) is 3.69. The number of aliphatic hydroxyl groups excluding tert-OH is 2. The van der Waals surface area contributed by atoms with Crippen LogP contribution in [0.4, 0.5) is 0 Å². The van der Waals surface area contributed by atoms with Gasteiger partial charge in [0.2, 0.25) is 0 Å². The molecule has 0 spiro atoms. The molecule has 1 atom stereocenters. The molecule has 0 fully saturated rings. The summed E-state index contributed by atoms with van der Waals surface area (Å²) in [6.45, 7) is -0.443. The minimum absolute atomic E-state index is 0.0483. The van der Waals surface area contributed by atoms with Gasteiger partial charge in [-0.3, -0.25) is 4.79 Å². The highest BCUT2D eigenvalue weighted by molar-refractivity contribution is 5.79. The van der Waals surface area contributed by atoms with Gasteiger partial charge in [-0.15, -0.1) is 0 Å². The molecule has 0 radical (unpaired) electrons. The number of rotatable bonds is 6. The van der Waals surface area contributed by atoms with E-state index in [9.17, 15) is 4.79 Å². The number of hydrogen-bond acceptors (Lipinski definition) is 4. The van der Waals surface area contributed by atoms with E-state index in [1.807, 2.05) is 0 Å².